The molecule has 0 bridgehead atoms. The highest BCUT2D eigenvalue weighted by molar-refractivity contribution is 8.31. The molecule has 0 amide bonds. The fourth-order valence-electron chi connectivity index (χ4n) is 0.710. The second kappa shape index (κ2) is 3.47. The van der Waals surface area contributed by atoms with E-state index in [4.69, 9.17) is 5.14 Å². The topological polar surface area (TPSA) is 26.0 Å². The Kier molecular flexibility index (Phi) is 3.59. The molecule has 1 atom stereocenters. The van der Waals surface area contributed by atoms with Crippen LogP contribution in [0.1, 0.15) is 26.7 Å². The molecule has 9 heavy (non-hydrogen) atoms. The molecule has 0 aliphatic carbocycles. The summed E-state index contributed by atoms with van der Waals surface area (Å²) in [4.78, 5) is 0. The Morgan fingerprint density at radius 1 is 1.44 bits per heavy atom. The van der Waals surface area contributed by atoms with Crippen LogP contribution in [-0.2, 0) is 0 Å². The standard InChI is InChI=1S/C7H19NS/c1-5-6-7(2)9(3,4)8/h7H,5-6,8H2,1-4H3. The smallest absolute Gasteiger partial charge is 0.00311 e. The molecule has 0 aromatic heterocycles. The molecule has 1 unspecified atom stereocenters. The van der Waals surface area contributed by atoms with Crippen molar-refractivity contribution in [3.8, 4) is 0 Å². The van der Waals surface area contributed by atoms with Crippen molar-refractivity contribution >= 4 is 10.2 Å². The van der Waals surface area contributed by atoms with Gasteiger partial charge in [-0.05, 0) is 24.2 Å². The van der Waals surface area contributed by atoms with Crippen LogP contribution in [0.4, 0.5) is 0 Å². The Morgan fingerprint density at radius 2 is 1.89 bits per heavy atom. The summed E-state index contributed by atoms with van der Waals surface area (Å²) >= 11 is 0. The quantitative estimate of drug-likeness (QED) is 0.653. The zero-order chi connectivity index (χ0) is 7.49. The van der Waals surface area contributed by atoms with Gasteiger partial charge in [-0.2, -0.15) is 10.2 Å². The van der Waals surface area contributed by atoms with Crippen molar-refractivity contribution in [2.45, 2.75) is 31.9 Å². The predicted molar refractivity (Wildman–Crippen MR) is 48.0 cm³/mol. The Bertz CT molecular complexity index is 75.5. The van der Waals surface area contributed by atoms with Crippen molar-refractivity contribution in [1.82, 2.24) is 0 Å². The van der Waals surface area contributed by atoms with Gasteiger partial charge in [0.1, 0.15) is 0 Å². The van der Waals surface area contributed by atoms with Crippen LogP contribution in [0.25, 0.3) is 0 Å². The Balaban J connectivity index is 3.59. The number of hydrogen-bond donors (Lipinski definition) is 1. The van der Waals surface area contributed by atoms with Gasteiger partial charge in [0.05, 0.1) is 0 Å². The third-order valence-electron chi connectivity index (χ3n) is 1.73. The summed E-state index contributed by atoms with van der Waals surface area (Å²) in [5.41, 5.74) is 0. The lowest BCUT2D eigenvalue weighted by Gasteiger charge is -2.32. The van der Waals surface area contributed by atoms with Crippen LogP contribution in [-0.4, -0.2) is 17.8 Å². The molecule has 0 saturated heterocycles. The molecule has 0 heterocycles. The normalized spacial score (nSPS) is 17.4. The van der Waals surface area contributed by atoms with E-state index in [-0.39, 0.29) is 0 Å². The van der Waals surface area contributed by atoms with Crippen LogP contribution in [0.5, 0.6) is 0 Å². The summed E-state index contributed by atoms with van der Waals surface area (Å²) in [6, 6.07) is 0. The molecule has 1 nitrogen and oxygen atoms in total. The second-order valence-electron chi connectivity index (χ2n) is 3.09. The zero-order valence-electron chi connectivity index (χ0n) is 6.98. The minimum absolute atomic E-state index is 0.725. The Labute approximate surface area is 60.5 Å². The lowest BCUT2D eigenvalue weighted by atomic mass is 10.3. The first-order chi connectivity index (χ1) is 3.98. The molecule has 2 N–H and O–H groups in total. The first-order valence-corrected chi connectivity index (χ1v) is 6.06. The molecular weight excluding hydrogens is 130 g/mol. The van der Waals surface area contributed by atoms with E-state index >= 15 is 0 Å². The maximum atomic E-state index is 5.95. The third-order valence-corrected chi connectivity index (χ3v) is 4.04. The minimum atomic E-state index is -0.765. The van der Waals surface area contributed by atoms with Crippen LogP contribution >= 0.6 is 10.2 Å². The lowest BCUT2D eigenvalue weighted by Crippen LogP contribution is -2.19. The molecule has 0 radical (unpaired) electrons. The molecule has 0 aromatic carbocycles. The molecule has 2 heteroatoms. The van der Waals surface area contributed by atoms with Gasteiger partial charge in [-0.25, -0.2) is 0 Å². The van der Waals surface area contributed by atoms with Crippen molar-refractivity contribution in [2.24, 2.45) is 5.14 Å². The van der Waals surface area contributed by atoms with E-state index < -0.39 is 10.2 Å². The summed E-state index contributed by atoms with van der Waals surface area (Å²) in [5, 5.41) is 6.67. The third kappa shape index (κ3) is 3.82. The highest BCUT2D eigenvalue weighted by atomic mass is 32.3. The summed E-state index contributed by atoms with van der Waals surface area (Å²) < 4.78 is 0. The van der Waals surface area contributed by atoms with Crippen LogP contribution < -0.4 is 5.14 Å². The van der Waals surface area contributed by atoms with Crippen LogP contribution in [0.2, 0.25) is 0 Å². The van der Waals surface area contributed by atoms with Gasteiger partial charge < -0.3 is 0 Å². The van der Waals surface area contributed by atoms with E-state index in [1.807, 2.05) is 0 Å². The highest BCUT2D eigenvalue weighted by Gasteiger charge is 2.12. The molecule has 0 saturated carbocycles. The molecule has 0 spiro atoms. The van der Waals surface area contributed by atoms with Gasteiger partial charge in [0.15, 0.2) is 0 Å². The van der Waals surface area contributed by atoms with Gasteiger partial charge in [-0.15, -0.1) is 0 Å². The van der Waals surface area contributed by atoms with Gasteiger partial charge in [-0.3, -0.25) is 5.14 Å². The van der Waals surface area contributed by atoms with Gasteiger partial charge in [-0.1, -0.05) is 20.3 Å². The molecule has 0 rings (SSSR count). The van der Waals surface area contributed by atoms with E-state index in [1.165, 1.54) is 12.8 Å². The van der Waals surface area contributed by atoms with Crippen molar-refractivity contribution < 1.29 is 0 Å². The first kappa shape index (κ1) is 9.31. The van der Waals surface area contributed by atoms with E-state index in [2.05, 4.69) is 26.4 Å². The number of hydrogen-bond acceptors (Lipinski definition) is 1. The van der Waals surface area contributed by atoms with Gasteiger partial charge in [0, 0.05) is 0 Å². The second-order valence-corrected chi connectivity index (χ2v) is 6.87. The summed E-state index contributed by atoms with van der Waals surface area (Å²) in [7, 11) is -0.765. The fraction of sp³-hybridized carbons (Fsp3) is 1.00. The Hall–Kier alpha value is 0.310. The largest absolute Gasteiger partial charge is 0.294 e. The highest BCUT2D eigenvalue weighted by Crippen LogP contribution is 2.38. The SMILES string of the molecule is CCCC(C)S(C)(C)N. The summed E-state index contributed by atoms with van der Waals surface area (Å²) in [6.45, 7) is 4.46. The molecular formula is C7H19NS. The van der Waals surface area contributed by atoms with E-state index in [0.717, 1.165) is 5.25 Å². The van der Waals surface area contributed by atoms with Crippen LogP contribution in [0, 0.1) is 0 Å². The maximum absolute atomic E-state index is 5.95. The van der Waals surface area contributed by atoms with Crippen LogP contribution in [0.3, 0.4) is 0 Å². The number of nitrogens with two attached hydrogens (primary N) is 1. The van der Waals surface area contributed by atoms with Crippen molar-refractivity contribution in [3.63, 3.8) is 0 Å². The predicted octanol–water partition coefficient (Wildman–Crippen LogP) is 2.11. The maximum Gasteiger partial charge on any atom is -0.00311 e. The van der Waals surface area contributed by atoms with Gasteiger partial charge in [0.2, 0.25) is 0 Å². The van der Waals surface area contributed by atoms with Gasteiger partial charge in [0.25, 0.3) is 0 Å². The molecule has 58 valence electrons. The van der Waals surface area contributed by atoms with E-state index in [1.54, 1.807) is 0 Å². The minimum Gasteiger partial charge on any atom is -0.294 e. The summed E-state index contributed by atoms with van der Waals surface area (Å²) in [6.07, 6.45) is 6.88. The number of rotatable bonds is 3. The lowest BCUT2D eigenvalue weighted by molar-refractivity contribution is 0.780. The van der Waals surface area contributed by atoms with Crippen LogP contribution in [0.15, 0.2) is 0 Å². The van der Waals surface area contributed by atoms with E-state index in [0.29, 0.717) is 0 Å². The summed E-state index contributed by atoms with van der Waals surface area (Å²) in [5.74, 6) is 0. The monoisotopic (exact) mass is 149 g/mol. The molecule has 0 aliphatic rings. The average Bonchev–Trinajstić information content (AvgIpc) is 1.64. The van der Waals surface area contributed by atoms with Crippen molar-refractivity contribution in [2.75, 3.05) is 12.5 Å². The van der Waals surface area contributed by atoms with Gasteiger partial charge >= 0.3 is 0 Å². The fourth-order valence-corrected chi connectivity index (χ4v) is 1.55. The molecule has 0 aliphatic heterocycles. The first-order valence-electron chi connectivity index (χ1n) is 3.48. The van der Waals surface area contributed by atoms with Crippen molar-refractivity contribution in [3.05, 3.63) is 0 Å². The average molecular weight is 149 g/mol. The molecule has 0 aromatic rings. The Morgan fingerprint density at radius 3 is 2.00 bits per heavy atom. The van der Waals surface area contributed by atoms with Crippen molar-refractivity contribution in [1.29, 1.82) is 0 Å². The zero-order valence-corrected chi connectivity index (χ0v) is 7.79. The van der Waals surface area contributed by atoms with E-state index in [9.17, 15) is 0 Å². The molecule has 0 fully saturated rings.